The number of aromatic nitrogens is 1. The van der Waals surface area contributed by atoms with Crippen LogP contribution in [0.3, 0.4) is 0 Å². The first-order valence-corrected chi connectivity index (χ1v) is 10.1. The van der Waals surface area contributed by atoms with Gasteiger partial charge in [-0.05, 0) is 17.7 Å². The van der Waals surface area contributed by atoms with Gasteiger partial charge in [0.05, 0.1) is 38.7 Å². The summed E-state index contributed by atoms with van der Waals surface area (Å²) in [7, 11) is 3.10. The van der Waals surface area contributed by atoms with E-state index < -0.39 is 23.5 Å². The fourth-order valence-corrected chi connectivity index (χ4v) is 4.83. The van der Waals surface area contributed by atoms with Crippen LogP contribution in [0.4, 0.5) is 5.69 Å². The largest absolute Gasteiger partial charge is 0.497 e. The zero-order valence-electron chi connectivity index (χ0n) is 17.3. The Hall–Kier alpha value is -3.39. The van der Waals surface area contributed by atoms with Crippen molar-refractivity contribution in [3.8, 4) is 11.5 Å². The van der Waals surface area contributed by atoms with Gasteiger partial charge < -0.3 is 24.4 Å². The van der Waals surface area contributed by atoms with Crippen LogP contribution in [-0.4, -0.2) is 54.2 Å². The third-order valence-corrected chi connectivity index (χ3v) is 6.22. The Kier molecular flexibility index (Phi) is 4.66. The summed E-state index contributed by atoms with van der Waals surface area (Å²) in [5, 5.41) is 2.92. The summed E-state index contributed by atoms with van der Waals surface area (Å²) < 4.78 is 16.7. The van der Waals surface area contributed by atoms with Crippen molar-refractivity contribution in [2.24, 2.45) is 11.8 Å². The summed E-state index contributed by atoms with van der Waals surface area (Å²) in [6, 6.07) is 8.92. The maximum atomic E-state index is 13.3. The van der Waals surface area contributed by atoms with Gasteiger partial charge in [-0.3, -0.25) is 14.6 Å². The van der Waals surface area contributed by atoms with E-state index in [9.17, 15) is 9.59 Å². The molecule has 160 valence electrons. The Bertz CT molecular complexity index is 1030. The zero-order chi connectivity index (χ0) is 21.6. The molecule has 2 fully saturated rings. The average molecular weight is 421 g/mol. The van der Waals surface area contributed by atoms with Gasteiger partial charge in [0, 0.05) is 42.8 Å². The molecular formula is C23H23N3O5. The minimum absolute atomic E-state index is 0.0629. The molecule has 3 aliphatic heterocycles. The molecule has 0 saturated carbocycles. The molecule has 4 heterocycles. The van der Waals surface area contributed by atoms with Gasteiger partial charge in [-0.1, -0.05) is 12.2 Å². The summed E-state index contributed by atoms with van der Waals surface area (Å²) in [5.41, 5.74) is 0.784. The number of carbonyl (C=O) groups excluding carboxylic acids is 2. The molecule has 2 saturated heterocycles. The molecule has 3 aliphatic rings. The molecule has 4 atom stereocenters. The highest BCUT2D eigenvalue weighted by atomic mass is 16.5. The number of carbonyl (C=O) groups is 2. The number of fused-ring (bicyclic) bond motifs is 1. The second-order valence-electron chi connectivity index (χ2n) is 8.04. The average Bonchev–Trinajstić information content (AvgIpc) is 3.42. The second-order valence-corrected chi connectivity index (χ2v) is 8.04. The standard InChI is InChI=1S/C23H23N3O5/c1-29-16-9-15(10-17(11-16)30-2)25-21(27)19-18-3-6-23(31-18)13-26(22(28)20(19)23)12-14-4-7-24-8-5-14/h3-11,18-20H,12-13H2,1-2H3,(H,25,27)/t18-,19+,20-,23+/m1/s1. The lowest BCUT2D eigenvalue weighted by molar-refractivity contribution is -0.136. The number of pyridine rings is 1. The summed E-state index contributed by atoms with van der Waals surface area (Å²) in [6.45, 7) is 0.894. The molecule has 0 unspecified atom stereocenters. The van der Waals surface area contributed by atoms with E-state index in [1.54, 1.807) is 49.7 Å². The van der Waals surface area contributed by atoms with Gasteiger partial charge in [0.2, 0.25) is 11.8 Å². The van der Waals surface area contributed by atoms with Crippen molar-refractivity contribution in [2.75, 3.05) is 26.1 Å². The highest BCUT2D eigenvalue weighted by molar-refractivity contribution is 5.99. The van der Waals surface area contributed by atoms with Gasteiger partial charge in [0.1, 0.15) is 17.1 Å². The molecule has 1 spiro atoms. The molecule has 31 heavy (non-hydrogen) atoms. The Morgan fingerprint density at radius 1 is 1.23 bits per heavy atom. The minimum Gasteiger partial charge on any atom is -0.497 e. The molecule has 2 amide bonds. The van der Waals surface area contributed by atoms with Crippen LogP contribution in [0.15, 0.2) is 54.9 Å². The number of likely N-dealkylation sites (tertiary alicyclic amines) is 1. The van der Waals surface area contributed by atoms with Gasteiger partial charge in [0.25, 0.3) is 0 Å². The van der Waals surface area contributed by atoms with Gasteiger partial charge in [-0.2, -0.15) is 0 Å². The van der Waals surface area contributed by atoms with Crippen molar-refractivity contribution in [3.05, 3.63) is 60.4 Å². The van der Waals surface area contributed by atoms with Crippen molar-refractivity contribution in [3.63, 3.8) is 0 Å². The van der Waals surface area contributed by atoms with Crippen molar-refractivity contribution in [2.45, 2.75) is 18.2 Å². The van der Waals surface area contributed by atoms with Crippen LogP contribution < -0.4 is 14.8 Å². The summed E-state index contributed by atoms with van der Waals surface area (Å²) >= 11 is 0. The smallest absolute Gasteiger partial charge is 0.231 e. The SMILES string of the molecule is COc1cc(NC(=O)[C@H]2[C@H]3C=C[C@@]4(CN(Cc5ccncc5)C(=O)[C@@H]24)O3)cc(OC)c1. The first-order chi connectivity index (χ1) is 15.0. The van der Waals surface area contributed by atoms with Crippen LogP contribution in [0.5, 0.6) is 11.5 Å². The number of benzene rings is 1. The number of methoxy groups -OCH3 is 2. The van der Waals surface area contributed by atoms with Crippen LogP contribution in [0.25, 0.3) is 0 Å². The van der Waals surface area contributed by atoms with Crippen molar-refractivity contribution >= 4 is 17.5 Å². The second kappa shape index (κ2) is 7.39. The third-order valence-electron chi connectivity index (χ3n) is 6.22. The zero-order valence-corrected chi connectivity index (χ0v) is 17.3. The van der Waals surface area contributed by atoms with E-state index in [4.69, 9.17) is 14.2 Å². The summed E-state index contributed by atoms with van der Waals surface area (Å²) in [6.07, 6.45) is 6.84. The third kappa shape index (κ3) is 3.23. The highest BCUT2D eigenvalue weighted by Gasteiger charge is 2.66. The van der Waals surface area contributed by atoms with E-state index in [0.29, 0.717) is 30.3 Å². The molecule has 5 rings (SSSR count). The number of nitrogens with one attached hydrogen (secondary N) is 1. The van der Waals surface area contributed by atoms with Gasteiger partial charge in [-0.25, -0.2) is 0 Å². The van der Waals surface area contributed by atoms with Crippen molar-refractivity contribution in [1.29, 1.82) is 0 Å². The quantitative estimate of drug-likeness (QED) is 0.718. The lowest BCUT2D eigenvalue weighted by atomic mass is 9.77. The molecule has 8 nitrogen and oxygen atoms in total. The van der Waals surface area contributed by atoms with Crippen LogP contribution >= 0.6 is 0 Å². The molecule has 1 N–H and O–H groups in total. The molecule has 0 aliphatic carbocycles. The Balaban J connectivity index is 1.38. The number of anilines is 1. The minimum atomic E-state index is -0.747. The monoisotopic (exact) mass is 421 g/mol. The first kappa shape index (κ1) is 19.6. The number of ether oxygens (including phenoxy) is 3. The summed E-state index contributed by atoms with van der Waals surface area (Å²) in [4.78, 5) is 32.4. The maximum absolute atomic E-state index is 13.3. The Morgan fingerprint density at radius 3 is 2.61 bits per heavy atom. The molecule has 1 aromatic carbocycles. The van der Waals surface area contributed by atoms with Crippen LogP contribution in [-0.2, 0) is 20.9 Å². The number of rotatable bonds is 6. The first-order valence-electron chi connectivity index (χ1n) is 10.1. The van der Waals surface area contributed by atoms with Gasteiger partial charge in [0.15, 0.2) is 0 Å². The predicted octanol–water partition coefficient (Wildman–Crippen LogP) is 2.02. The van der Waals surface area contributed by atoms with Crippen LogP contribution in [0.2, 0.25) is 0 Å². The number of nitrogens with zero attached hydrogens (tertiary/aromatic N) is 2. The van der Waals surface area contributed by atoms with E-state index in [1.807, 2.05) is 24.3 Å². The topological polar surface area (TPSA) is 90.0 Å². The number of hydrogen-bond acceptors (Lipinski definition) is 6. The van der Waals surface area contributed by atoms with E-state index in [0.717, 1.165) is 5.56 Å². The van der Waals surface area contributed by atoms with Gasteiger partial charge >= 0.3 is 0 Å². The maximum Gasteiger partial charge on any atom is 0.231 e. The Morgan fingerprint density at radius 2 is 1.94 bits per heavy atom. The lowest BCUT2D eigenvalue weighted by Crippen LogP contribution is -2.41. The fourth-order valence-electron chi connectivity index (χ4n) is 4.83. The molecular weight excluding hydrogens is 398 g/mol. The van der Waals surface area contributed by atoms with E-state index >= 15 is 0 Å². The van der Waals surface area contributed by atoms with Gasteiger partial charge in [-0.15, -0.1) is 0 Å². The fraction of sp³-hybridized carbons (Fsp3) is 0.348. The molecule has 1 aromatic heterocycles. The van der Waals surface area contributed by atoms with Crippen molar-refractivity contribution < 1.29 is 23.8 Å². The molecule has 8 heteroatoms. The predicted molar refractivity (Wildman–Crippen MR) is 112 cm³/mol. The highest BCUT2D eigenvalue weighted by Crippen LogP contribution is 2.52. The number of hydrogen-bond donors (Lipinski definition) is 1. The van der Waals surface area contributed by atoms with Crippen LogP contribution in [0, 0.1) is 11.8 Å². The normalized spacial score (nSPS) is 28.0. The molecule has 2 aromatic rings. The Labute approximate surface area is 179 Å². The van der Waals surface area contributed by atoms with E-state index in [-0.39, 0.29) is 11.8 Å². The van der Waals surface area contributed by atoms with Crippen LogP contribution in [0.1, 0.15) is 5.56 Å². The van der Waals surface area contributed by atoms with E-state index in [1.165, 1.54) is 0 Å². The summed E-state index contributed by atoms with van der Waals surface area (Å²) in [5.74, 6) is -0.331. The van der Waals surface area contributed by atoms with E-state index in [2.05, 4.69) is 10.3 Å². The molecule has 0 radical (unpaired) electrons. The number of amides is 2. The lowest BCUT2D eigenvalue weighted by Gasteiger charge is -2.23. The molecule has 2 bridgehead atoms. The van der Waals surface area contributed by atoms with Crippen molar-refractivity contribution in [1.82, 2.24) is 9.88 Å².